The van der Waals surface area contributed by atoms with Gasteiger partial charge in [0.05, 0.1) is 20.3 Å². The fourth-order valence-corrected chi connectivity index (χ4v) is 2.01. The van der Waals surface area contributed by atoms with E-state index in [0.717, 1.165) is 19.3 Å². The van der Waals surface area contributed by atoms with E-state index in [4.69, 9.17) is 4.74 Å². The number of ether oxygens (including phenoxy) is 2. The zero-order chi connectivity index (χ0) is 13.4. The highest BCUT2D eigenvalue weighted by Gasteiger charge is 2.29. The highest BCUT2D eigenvalue weighted by Crippen LogP contribution is 2.10. The lowest BCUT2D eigenvalue weighted by atomic mass is 10.1. The van der Waals surface area contributed by atoms with E-state index in [9.17, 15) is 9.59 Å². The summed E-state index contributed by atoms with van der Waals surface area (Å²) in [5.41, 5.74) is 0. The number of nitrogens with zero attached hydrogens (tertiary/aromatic N) is 1. The molecule has 5 heteroatoms. The first-order valence-electron chi connectivity index (χ1n) is 6.66. The van der Waals surface area contributed by atoms with E-state index in [2.05, 4.69) is 11.7 Å². The molecule has 18 heavy (non-hydrogen) atoms. The lowest BCUT2D eigenvalue weighted by molar-refractivity contribution is -0.162. The third kappa shape index (κ3) is 4.64. The fourth-order valence-electron chi connectivity index (χ4n) is 2.01. The summed E-state index contributed by atoms with van der Waals surface area (Å²) in [6.45, 7) is 3.44. The van der Waals surface area contributed by atoms with Gasteiger partial charge in [-0.1, -0.05) is 26.2 Å². The van der Waals surface area contributed by atoms with Crippen LogP contribution in [0.4, 0.5) is 0 Å². The van der Waals surface area contributed by atoms with Crippen LogP contribution in [0, 0.1) is 0 Å². The van der Waals surface area contributed by atoms with Crippen LogP contribution < -0.4 is 0 Å². The van der Waals surface area contributed by atoms with Gasteiger partial charge >= 0.3 is 5.97 Å². The minimum atomic E-state index is -0.622. The van der Waals surface area contributed by atoms with Crippen molar-refractivity contribution in [3.8, 4) is 0 Å². The molecule has 0 saturated carbocycles. The van der Waals surface area contributed by atoms with Crippen LogP contribution in [0.1, 0.15) is 39.0 Å². The number of rotatable bonds is 6. The maximum absolute atomic E-state index is 11.9. The molecule has 1 unspecified atom stereocenters. The Kier molecular flexibility index (Phi) is 6.72. The number of carbonyl (C=O) groups is 2. The third-order valence-electron chi connectivity index (χ3n) is 3.13. The molecule has 1 amide bonds. The fraction of sp³-hybridized carbons (Fsp3) is 0.846. The Balaban J connectivity index is 2.31. The number of morpholine rings is 1. The highest BCUT2D eigenvalue weighted by atomic mass is 16.6. The molecule has 0 aromatic rings. The van der Waals surface area contributed by atoms with Gasteiger partial charge in [-0.25, -0.2) is 4.79 Å². The zero-order valence-electron chi connectivity index (χ0n) is 11.3. The number of hydrogen-bond acceptors (Lipinski definition) is 4. The summed E-state index contributed by atoms with van der Waals surface area (Å²) in [5.74, 6) is -0.290. The number of methoxy groups -OCH3 is 1. The summed E-state index contributed by atoms with van der Waals surface area (Å²) in [6, 6.07) is 0. The first-order chi connectivity index (χ1) is 8.69. The molecule has 1 fully saturated rings. The van der Waals surface area contributed by atoms with Crippen molar-refractivity contribution in [3.63, 3.8) is 0 Å². The molecule has 0 radical (unpaired) electrons. The Labute approximate surface area is 108 Å². The summed E-state index contributed by atoms with van der Waals surface area (Å²) < 4.78 is 9.91. The Morgan fingerprint density at radius 2 is 2.11 bits per heavy atom. The predicted molar refractivity (Wildman–Crippen MR) is 67.1 cm³/mol. The number of carbonyl (C=O) groups excluding carboxylic acids is 2. The molecule has 1 atom stereocenters. The standard InChI is InChI=1S/C13H23NO4/c1-3-4-5-6-7-12(15)14-8-9-18-11(10-14)13(16)17-2/h11H,3-10H2,1-2H3. The molecular formula is C13H23NO4. The smallest absolute Gasteiger partial charge is 0.336 e. The van der Waals surface area contributed by atoms with E-state index in [-0.39, 0.29) is 5.91 Å². The molecule has 0 N–H and O–H groups in total. The van der Waals surface area contributed by atoms with Crippen molar-refractivity contribution in [2.45, 2.75) is 45.1 Å². The minimum absolute atomic E-state index is 0.114. The molecule has 1 saturated heterocycles. The molecule has 0 bridgehead atoms. The van der Waals surface area contributed by atoms with Crippen molar-refractivity contribution >= 4 is 11.9 Å². The van der Waals surface area contributed by atoms with E-state index >= 15 is 0 Å². The van der Waals surface area contributed by atoms with Crippen molar-refractivity contribution in [3.05, 3.63) is 0 Å². The second-order valence-corrected chi connectivity index (χ2v) is 4.53. The molecule has 5 nitrogen and oxygen atoms in total. The summed E-state index contributed by atoms with van der Waals surface area (Å²) in [6.07, 6.45) is 4.29. The molecule has 1 aliphatic rings. The average molecular weight is 257 g/mol. The molecule has 1 heterocycles. The van der Waals surface area contributed by atoms with Crippen LogP contribution in [0.15, 0.2) is 0 Å². The Morgan fingerprint density at radius 1 is 1.33 bits per heavy atom. The second-order valence-electron chi connectivity index (χ2n) is 4.53. The number of hydrogen-bond donors (Lipinski definition) is 0. The van der Waals surface area contributed by atoms with Crippen molar-refractivity contribution in [1.29, 1.82) is 0 Å². The molecule has 0 aromatic heterocycles. The van der Waals surface area contributed by atoms with Gasteiger partial charge in [0.1, 0.15) is 0 Å². The van der Waals surface area contributed by atoms with Crippen LogP contribution in [0.25, 0.3) is 0 Å². The SMILES string of the molecule is CCCCCCC(=O)N1CCOC(C(=O)OC)C1. The van der Waals surface area contributed by atoms with Gasteiger partial charge in [-0.15, -0.1) is 0 Å². The van der Waals surface area contributed by atoms with Crippen molar-refractivity contribution in [2.75, 3.05) is 26.8 Å². The Hall–Kier alpha value is -1.10. The molecule has 0 spiro atoms. The van der Waals surface area contributed by atoms with E-state index in [1.165, 1.54) is 13.5 Å². The third-order valence-corrected chi connectivity index (χ3v) is 3.13. The van der Waals surface area contributed by atoms with Crippen LogP contribution in [0.5, 0.6) is 0 Å². The summed E-state index contributed by atoms with van der Waals surface area (Å²) in [4.78, 5) is 25.0. The topological polar surface area (TPSA) is 55.8 Å². The molecule has 0 aliphatic carbocycles. The van der Waals surface area contributed by atoms with Gasteiger partial charge < -0.3 is 14.4 Å². The van der Waals surface area contributed by atoms with E-state index in [0.29, 0.717) is 26.1 Å². The summed E-state index contributed by atoms with van der Waals surface area (Å²) in [5, 5.41) is 0. The molecular weight excluding hydrogens is 234 g/mol. The Morgan fingerprint density at radius 3 is 2.78 bits per heavy atom. The van der Waals surface area contributed by atoms with E-state index < -0.39 is 12.1 Å². The largest absolute Gasteiger partial charge is 0.467 e. The number of unbranched alkanes of at least 4 members (excludes halogenated alkanes) is 3. The first-order valence-corrected chi connectivity index (χ1v) is 6.66. The molecule has 1 aliphatic heterocycles. The van der Waals surface area contributed by atoms with Crippen LogP contribution in [0.3, 0.4) is 0 Å². The van der Waals surface area contributed by atoms with Gasteiger partial charge in [-0.3, -0.25) is 4.79 Å². The summed E-state index contributed by atoms with van der Waals surface area (Å²) >= 11 is 0. The average Bonchev–Trinajstić information content (AvgIpc) is 2.42. The monoisotopic (exact) mass is 257 g/mol. The van der Waals surface area contributed by atoms with Gasteiger partial charge in [0.2, 0.25) is 5.91 Å². The quantitative estimate of drug-likeness (QED) is 0.532. The van der Waals surface area contributed by atoms with Crippen molar-refractivity contribution in [2.24, 2.45) is 0 Å². The van der Waals surface area contributed by atoms with E-state index in [1.807, 2.05) is 0 Å². The molecule has 104 valence electrons. The van der Waals surface area contributed by atoms with E-state index in [1.54, 1.807) is 4.90 Å². The van der Waals surface area contributed by atoms with Gasteiger partial charge in [-0.2, -0.15) is 0 Å². The van der Waals surface area contributed by atoms with Crippen LogP contribution in [-0.4, -0.2) is 49.7 Å². The van der Waals surface area contributed by atoms with Gasteiger partial charge in [0.25, 0.3) is 0 Å². The van der Waals surface area contributed by atoms with Gasteiger partial charge in [0, 0.05) is 13.0 Å². The maximum Gasteiger partial charge on any atom is 0.336 e. The lowest BCUT2D eigenvalue weighted by Gasteiger charge is -2.31. The second kappa shape index (κ2) is 8.08. The highest BCUT2D eigenvalue weighted by molar-refractivity contribution is 5.79. The van der Waals surface area contributed by atoms with Crippen LogP contribution in [-0.2, 0) is 19.1 Å². The summed E-state index contributed by atoms with van der Waals surface area (Å²) in [7, 11) is 1.33. The number of amides is 1. The molecule has 1 rings (SSSR count). The predicted octanol–water partition coefficient (Wildman–Crippen LogP) is 1.36. The number of esters is 1. The maximum atomic E-state index is 11.9. The van der Waals surface area contributed by atoms with Crippen molar-refractivity contribution in [1.82, 2.24) is 4.90 Å². The minimum Gasteiger partial charge on any atom is -0.467 e. The van der Waals surface area contributed by atoms with Gasteiger partial charge in [-0.05, 0) is 6.42 Å². The lowest BCUT2D eigenvalue weighted by Crippen LogP contribution is -2.48. The van der Waals surface area contributed by atoms with Crippen molar-refractivity contribution < 1.29 is 19.1 Å². The van der Waals surface area contributed by atoms with Crippen LogP contribution >= 0.6 is 0 Å². The molecule has 0 aromatic carbocycles. The first kappa shape index (κ1) is 15.0. The van der Waals surface area contributed by atoms with Gasteiger partial charge in [0.15, 0.2) is 6.10 Å². The zero-order valence-corrected chi connectivity index (χ0v) is 11.3. The van der Waals surface area contributed by atoms with Crippen LogP contribution in [0.2, 0.25) is 0 Å². The normalized spacial score (nSPS) is 19.7. The Bertz CT molecular complexity index is 280.